The van der Waals surface area contributed by atoms with Gasteiger partial charge in [-0.1, -0.05) is 0 Å². The summed E-state index contributed by atoms with van der Waals surface area (Å²) in [6, 6.07) is 5.93. The van der Waals surface area contributed by atoms with Crippen LogP contribution in [0.3, 0.4) is 0 Å². The standard InChI is InChI=1S/C21H19F3N2O2/c1-26(2)13-7-8-17-14(9-13)18-19(24)16(10-15(23)20(18)28-17)25-21(27)11-3-5-12(22)6-4-11/h3-6,10,13H,7-9H2,1-2H3,(H,25,27). The molecule has 0 saturated heterocycles. The summed E-state index contributed by atoms with van der Waals surface area (Å²) in [5, 5.41) is 2.46. The van der Waals surface area contributed by atoms with Gasteiger partial charge >= 0.3 is 0 Å². The fraction of sp³-hybridized carbons (Fsp3) is 0.286. The van der Waals surface area contributed by atoms with Crippen LogP contribution in [-0.2, 0) is 12.8 Å². The fourth-order valence-electron chi connectivity index (χ4n) is 3.68. The third-order valence-corrected chi connectivity index (χ3v) is 5.26. The second-order valence-electron chi connectivity index (χ2n) is 7.25. The Hall–Kier alpha value is -2.80. The van der Waals surface area contributed by atoms with Crippen LogP contribution < -0.4 is 5.32 Å². The molecule has 1 atom stereocenters. The molecular weight excluding hydrogens is 369 g/mol. The molecule has 1 aliphatic rings. The lowest BCUT2D eigenvalue weighted by Gasteiger charge is -2.27. The molecule has 4 rings (SSSR count). The van der Waals surface area contributed by atoms with E-state index in [1.807, 2.05) is 14.1 Å². The number of nitrogens with zero attached hydrogens (tertiary/aromatic N) is 1. The van der Waals surface area contributed by atoms with Crippen molar-refractivity contribution >= 4 is 22.6 Å². The Morgan fingerprint density at radius 3 is 2.57 bits per heavy atom. The van der Waals surface area contributed by atoms with Crippen LogP contribution in [-0.4, -0.2) is 30.9 Å². The van der Waals surface area contributed by atoms with Crippen molar-refractivity contribution in [1.29, 1.82) is 0 Å². The number of aryl methyl sites for hydroxylation is 1. The molecule has 1 heterocycles. The van der Waals surface area contributed by atoms with Gasteiger partial charge in [0.15, 0.2) is 17.2 Å². The predicted molar refractivity (Wildman–Crippen MR) is 100.0 cm³/mol. The van der Waals surface area contributed by atoms with Gasteiger partial charge in [0.2, 0.25) is 0 Å². The van der Waals surface area contributed by atoms with Gasteiger partial charge in [-0.2, -0.15) is 0 Å². The van der Waals surface area contributed by atoms with E-state index in [9.17, 15) is 13.6 Å². The van der Waals surface area contributed by atoms with Crippen LogP contribution in [0, 0.1) is 17.5 Å². The lowest BCUT2D eigenvalue weighted by molar-refractivity contribution is 0.102. The minimum Gasteiger partial charge on any atom is -0.458 e. The molecule has 146 valence electrons. The Labute approximate surface area is 159 Å². The molecule has 0 saturated carbocycles. The number of carbonyl (C=O) groups is 1. The first-order valence-electron chi connectivity index (χ1n) is 9.00. The number of rotatable bonds is 3. The van der Waals surface area contributed by atoms with Gasteiger partial charge in [0, 0.05) is 29.7 Å². The summed E-state index contributed by atoms with van der Waals surface area (Å²) < 4.78 is 48.5. The molecular formula is C21H19F3N2O2. The highest BCUT2D eigenvalue weighted by atomic mass is 19.1. The molecule has 2 aromatic carbocycles. The summed E-state index contributed by atoms with van der Waals surface area (Å²) in [6.07, 6.45) is 1.99. The quantitative estimate of drug-likeness (QED) is 0.718. The lowest BCUT2D eigenvalue weighted by Crippen LogP contribution is -2.33. The number of carbonyl (C=O) groups excluding carboxylic acids is 1. The maximum absolute atomic E-state index is 15.2. The normalized spacial score (nSPS) is 16.4. The van der Waals surface area contributed by atoms with Crippen molar-refractivity contribution in [3.05, 3.63) is 64.7 Å². The summed E-state index contributed by atoms with van der Waals surface area (Å²) in [7, 11) is 3.90. The fourth-order valence-corrected chi connectivity index (χ4v) is 3.68. The number of hydrogen-bond acceptors (Lipinski definition) is 3. The van der Waals surface area contributed by atoms with Crippen LogP contribution in [0.25, 0.3) is 11.0 Å². The topological polar surface area (TPSA) is 45.5 Å². The predicted octanol–water partition coefficient (Wildman–Crippen LogP) is 4.52. The second kappa shape index (κ2) is 6.98. The number of likely N-dealkylation sites (N-methyl/N-ethyl adjacent to an activating group) is 1. The van der Waals surface area contributed by atoms with Crippen LogP contribution >= 0.6 is 0 Å². The zero-order valence-corrected chi connectivity index (χ0v) is 15.5. The van der Waals surface area contributed by atoms with E-state index < -0.39 is 23.4 Å². The SMILES string of the molecule is CN(C)C1CCc2oc3c(F)cc(NC(=O)c4ccc(F)cc4)c(F)c3c2C1. The van der Waals surface area contributed by atoms with E-state index in [0.717, 1.165) is 24.6 Å². The molecule has 3 aromatic rings. The van der Waals surface area contributed by atoms with Crippen molar-refractivity contribution in [2.45, 2.75) is 25.3 Å². The van der Waals surface area contributed by atoms with Gasteiger partial charge in [-0.25, -0.2) is 13.2 Å². The molecule has 4 nitrogen and oxygen atoms in total. The van der Waals surface area contributed by atoms with Crippen LogP contribution in [0.4, 0.5) is 18.9 Å². The molecule has 1 aliphatic carbocycles. The Balaban J connectivity index is 1.74. The molecule has 28 heavy (non-hydrogen) atoms. The summed E-state index contributed by atoms with van der Waals surface area (Å²) >= 11 is 0. The number of hydrogen-bond donors (Lipinski definition) is 1. The number of nitrogens with one attached hydrogen (secondary N) is 1. The summed E-state index contributed by atoms with van der Waals surface area (Å²) in [6.45, 7) is 0. The Morgan fingerprint density at radius 1 is 1.18 bits per heavy atom. The maximum atomic E-state index is 15.2. The number of amides is 1. The third-order valence-electron chi connectivity index (χ3n) is 5.26. The largest absolute Gasteiger partial charge is 0.458 e. The van der Waals surface area contributed by atoms with Crippen molar-refractivity contribution in [2.24, 2.45) is 0 Å². The van der Waals surface area contributed by atoms with Gasteiger partial charge in [0.25, 0.3) is 5.91 Å². The van der Waals surface area contributed by atoms with Crippen molar-refractivity contribution in [2.75, 3.05) is 19.4 Å². The van der Waals surface area contributed by atoms with Crippen molar-refractivity contribution in [3.63, 3.8) is 0 Å². The molecule has 0 radical (unpaired) electrons. The Bertz CT molecular complexity index is 1060. The summed E-state index contributed by atoms with van der Waals surface area (Å²) in [5.74, 6) is -2.01. The molecule has 1 unspecified atom stereocenters. The number of benzene rings is 2. The third kappa shape index (κ3) is 3.16. The summed E-state index contributed by atoms with van der Waals surface area (Å²) in [4.78, 5) is 14.4. The van der Waals surface area contributed by atoms with Gasteiger partial charge < -0.3 is 14.6 Å². The van der Waals surface area contributed by atoms with Gasteiger partial charge in [-0.3, -0.25) is 4.79 Å². The number of halogens is 3. The first-order valence-corrected chi connectivity index (χ1v) is 9.00. The highest BCUT2D eigenvalue weighted by Crippen LogP contribution is 2.38. The highest BCUT2D eigenvalue weighted by Gasteiger charge is 2.29. The van der Waals surface area contributed by atoms with Crippen molar-refractivity contribution < 1.29 is 22.4 Å². The van der Waals surface area contributed by atoms with E-state index in [1.165, 1.54) is 12.1 Å². The van der Waals surface area contributed by atoms with E-state index in [2.05, 4.69) is 10.2 Å². The first kappa shape index (κ1) is 18.6. The Kier molecular flexibility index (Phi) is 4.63. The van der Waals surface area contributed by atoms with E-state index in [-0.39, 0.29) is 28.3 Å². The van der Waals surface area contributed by atoms with Crippen LogP contribution in [0.1, 0.15) is 28.1 Å². The van der Waals surface area contributed by atoms with Gasteiger partial charge in [-0.15, -0.1) is 0 Å². The summed E-state index contributed by atoms with van der Waals surface area (Å²) in [5.41, 5.74) is 0.397. The van der Waals surface area contributed by atoms with Crippen LogP contribution in [0.5, 0.6) is 0 Å². The number of anilines is 1. The molecule has 0 aliphatic heterocycles. The van der Waals surface area contributed by atoms with Crippen molar-refractivity contribution in [1.82, 2.24) is 4.90 Å². The average molecular weight is 388 g/mol. The minimum absolute atomic E-state index is 0.0796. The minimum atomic E-state index is -0.735. The van der Waals surface area contributed by atoms with Crippen LogP contribution in [0.15, 0.2) is 34.7 Å². The lowest BCUT2D eigenvalue weighted by atomic mass is 9.91. The van der Waals surface area contributed by atoms with Crippen molar-refractivity contribution in [3.8, 4) is 0 Å². The van der Waals surface area contributed by atoms with E-state index in [4.69, 9.17) is 4.42 Å². The molecule has 0 spiro atoms. The van der Waals surface area contributed by atoms with Gasteiger partial charge in [0.05, 0.1) is 11.1 Å². The number of fused-ring (bicyclic) bond motifs is 3. The monoisotopic (exact) mass is 388 g/mol. The highest BCUT2D eigenvalue weighted by molar-refractivity contribution is 6.05. The average Bonchev–Trinajstić information content (AvgIpc) is 3.05. The molecule has 7 heteroatoms. The van der Waals surface area contributed by atoms with Gasteiger partial charge in [0.1, 0.15) is 11.6 Å². The molecule has 0 bridgehead atoms. The van der Waals surface area contributed by atoms with E-state index in [1.54, 1.807) is 0 Å². The first-order chi connectivity index (χ1) is 13.3. The van der Waals surface area contributed by atoms with Gasteiger partial charge in [-0.05, 0) is 51.2 Å². The second-order valence-corrected chi connectivity index (χ2v) is 7.25. The van der Waals surface area contributed by atoms with E-state index in [0.29, 0.717) is 24.2 Å². The van der Waals surface area contributed by atoms with Crippen LogP contribution in [0.2, 0.25) is 0 Å². The molecule has 1 N–H and O–H groups in total. The number of furan rings is 1. The smallest absolute Gasteiger partial charge is 0.255 e. The van der Waals surface area contributed by atoms with E-state index >= 15 is 4.39 Å². The Morgan fingerprint density at radius 2 is 1.89 bits per heavy atom. The zero-order valence-electron chi connectivity index (χ0n) is 15.5. The molecule has 1 amide bonds. The maximum Gasteiger partial charge on any atom is 0.255 e. The molecule has 1 aromatic heterocycles. The molecule has 0 fully saturated rings. The zero-order chi connectivity index (χ0) is 20.0.